The minimum absolute atomic E-state index is 0.803. The van der Waals surface area contributed by atoms with Gasteiger partial charge in [-0.05, 0) is 43.0 Å². The predicted molar refractivity (Wildman–Crippen MR) is 72.2 cm³/mol. The van der Waals surface area contributed by atoms with Crippen molar-refractivity contribution in [3.8, 4) is 0 Å². The molecule has 0 unspecified atom stereocenters. The molecule has 0 radical (unpaired) electrons. The van der Waals surface area contributed by atoms with E-state index in [-0.39, 0.29) is 0 Å². The van der Waals surface area contributed by atoms with Crippen LogP contribution in [0.5, 0.6) is 0 Å². The maximum absolute atomic E-state index is 5.63. The largest absolute Gasteiger partial charge is 0.402 e. The van der Waals surface area contributed by atoms with Gasteiger partial charge in [0, 0.05) is 24.0 Å². The van der Waals surface area contributed by atoms with Gasteiger partial charge in [-0.25, -0.2) is 0 Å². The van der Waals surface area contributed by atoms with E-state index in [0.29, 0.717) is 0 Å². The van der Waals surface area contributed by atoms with Crippen LogP contribution in [0, 0.1) is 0 Å². The second kappa shape index (κ2) is 5.48. The Morgan fingerprint density at radius 2 is 2.29 bits per heavy atom. The lowest BCUT2D eigenvalue weighted by Gasteiger charge is -2.06. The minimum atomic E-state index is 0.803. The van der Waals surface area contributed by atoms with Gasteiger partial charge in [-0.2, -0.15) is 0 Å². The summed E-state index contributed by atoms with van der Waals surface area (Å²) < 4.78 is 0. The van der Waals surface area contributed by atoms with Gasteiger partial charge in [-0.3, -0.25) is 4.98 Å². The molecule has 1 aliphatic rings. The van der Waals surface area contributed by atoms with E-state index in [1.807, 2.05) is 19.2 Å². The minimum Gasteiger partial charge on any atom is -0.402 e. The van der Waals surface area contributed by atoms with Crippen LogP contribution in [-0.2, 0) is 6.42 Å². The molecule has 2 rings (SSSR count). The van der Waals surface area contributed by atoms with Crippen molar-refractivity contribution in [3.05, 3.63) is 59.1 Å². The van der Waals surface area contributed by atoms with E-state index in [4.69, 9.17) is 5.73 Å². The third kappa shape index (κ3) is 3.59. The number of hydrogen-bond donors (Lipinski definition) is 1. The number of aromatic nitrogens is 1. The van der Waals surface area contributed by atoms with Crippen LogP contribution in [0.1, 0.15) is 31.0 Å². The van der Waals surface area contributed by atoms with E-state index in [9.17, 15) is 0 Å². The van der Waals surface area contributed by atoms with Crippen LogP contribution < -0.4 is 5.73 Å². The average Bonchev–Trinajstić information content (AvgIpc) is 2.32. The van der Waals surface area contributed by atoms with E-state index in [2.05, 4.69) is 35.3 Å². The first-order chi connectivity index (χ1) is 8.24. The van der Waals surface area contributed by atoms with Gasteiger partial charge in [0.2, 0.25) is 0 Å². The second-order valence-corrected chi connectivity index (χ2v) is 4.41. The summed E-state index contributed by atoms with van der Waals surface area (Å²) in [5.41, 5.74) is 9.96. The van der Waals surface area contributed by atoms with Crippen molar-refractivity contribution in [2.75, 3.05) is 0 Å². The Labute approximate surface area is 103 Å². The molecule has 2 nitrogen and oxygen atoms in total. The summed E-state index contributed by atoms with van der Waals surface area (Å²) in [4.78, 5) is 4.45. The summed E-state index contributed by atoms with van der Waals surface area (Å²) in [6.45, 7) is 1.88. The van der Waals surface area contributed by atoms with Crippen LogP contribution in [0.4, 0.5) is 0 Å². The number of allylic oxidation sites excluding steroid dienone is 5. The van der Waals surface area contributed by atoms with Gasteiger partial charge < -0.3 is 5.73 Å². The van der Waals surface area contributed by atoms with E-state index in [0.717, 1.165) is 36.2 Å². The van der Waals surface area contributed by atoms with Crippen molar-refractivity contribution in [1.29, 1.82) is 0 Å². The molecule has 0 atom stereocenters. The first-order valence-corrected chi connectivity index (χ1v) is 5.98. The average molecular weight is 226 g/mol. The molecule has 1 aliphatic carbocycles. The summed E-state index contributed by atoms with van der Waals surface area (Å²) in [7, 11) is 0. The molecule has 0 bridgehead atoms. The molecule has 1 aromatic heterocycles. The Kier molecular flexibility index (Phi) is 3.76. The van der Waals surface area contributed by atoms with Crippen LogP contribution in [0.2, 0.25) is 0 Å². The highest BCUT2D eigenvalue weighted by Gasteiger charge is 2.00. The summed E-state index contributed by atoms with van der Waals surface area (Å²) in [6, 6.07) is 4.13. The van der Waals surface area contributed by atoms with E-state index in [1.54, 1.807) is 0 Å². The number of pyridine rings is 1. The van der Waals surface area contributed by atoms with E-state index in [1.165, 1.54) is 5.57 Å². The van der Waals surface area contributed by atoms with Gasteiger partial charge in [-0.15, -0.1) is 0 Å². The first kappa shape index (κ1) is 11.6. The van der Waals surface area contributed by atoms with Crippen LogP contribution in [-0.4, -0.2) is 4.98 Å². The van der Waals surface area contributed by atoms with Gasteiger partial charge in [0.1, 0.15) is 0 Å². The van der Waals surface area contributed by atoms with Crippen molar-refractivity contribution in [2.45, 2.75) is 26.2 Å². The first-order valence-electron chi connectivity index (χ1n) is 5.98. The maximum Gasteiger partial charge on any atom is 0.0447 e. The predicted octanol–water partition coefficient (Wildman–Crippen LogP) is 3.22. The third-order valence-electron chi connectivity index (χ3n) is 2.70. The van der Waals surface area contributed by atoms with Gasteiger partial charge in [0.15, 0.2) is 0 Å². The lowest BCUT2D eigenvalue weighted by Crippen LogP contribution is -1.95. The summed E-state index contributed by atoms with van der Waals surface area (Å²) in [5.74, 6) is 0. The Morgan fingerprint density at radius 1 is 1.41 bits per heavy atom. The van der Waals surface area contributed by atoms with E-state index < -0.39 is 0 Å². The zero-order valence-corrected chi connectivity index (χ0v) is 10.2. The number of rotatable bonds is 3. The smallest absolute Gasteiger partial charge is 0.0447 e. The number of nitrogens with two attached hydrogens (primary N) is 1. The zero-order valence-electron chi connectivity index (χ0n) is 10.2. The Hall–Kier alpha value is -1.83. The lowest BCUT2D eigenvalue weighted by atomic mass is 10.0. The molecule has 0 aromatic carbocycles. The normalized spacial score (nSPS) is 15.8. The fourth-order valence-corrected chi connectivity index (χ4v) is 1.90. The molecule has 88 valence electrons. The van der Waals surface area contributed by atoms with E-state index >= 15 is 0 Å². The number of nitrogens with zero attached hydrogens (tertiary/aromatic N) is 1. The molecule has 2 heteroatoms. The Balaban J connectivity index is 2.05. The molecule has 0 aliphatic heterocycles. The van der Waals surface area contributed by atoms with Crippen LogP contribution in [0.15, 0.2) is 47.8 Å². The van der Waals surface area contributed by atoms with Crippen LogP contribution in [0.3, 0.4) is 0 Å². The maximum atomic E-state index is 5.63. The molecule has 0 amide bonds. The quantitative estimate of drug-likeness (QED) is 0.859. The molecule has 0 saturated carbocycles. The summed E-state index contributed by atoms with van der Waals surface area (Å²) >= 11 is 0. The SMILES string of the molecule is C/C(N)=C\c1ccc(CC2=CCCC=C2)nc1. The Bertz CT molecular complexity index is 460. The van der Waals surface area contributed by atoms with Gasteiger partial charge in [-0.1, -0.05) is 24.3 Å². The second-order valence-electron chi connectivity index (χ2n) is 4.41. The molecule has 1 heterocycles. The van der Waals surface area contributed by atoms with Gasteiger partial charge >= 0.3 is 0 Å². The highest BCUT2D eigenvalue weighted by molar-refractivity contribution is 5.50. The molecule has 0 saturated heterocycles. The zero-order chi connectivity index (χ0) is 12.1. The third-order valence-corrected chi connectivity index (χ3v) is 2.70. The topological polar surface area (TPSA) is 38.9 Å². The fourth-order valence-electron chi connectivity index (χ4n) is 1.90. The summed E-state index contributed by atoms with van der Waals surface area (Å²) in [5, 5.41) is 0. The number of hydrogen-bond acceptors (Lipinski definition) is 2. The van der Waals surface area contributed by atoms with Crippen LogP contribution in [0.25, 0.3) is 6.08 Å². The van der Waals surface area contributed by atoms with Crippen molar-refractivity contribution in [3.63, 3.8) is 0 Å². The van der Waals surface area contributed by atoms with Crippen LogP contribution >= 0.6 is 0 Å². The fraction of sp³-hybridized carbons (Fsp3) is 0.267. The van der Waals surface area contributed by atoms with Gasteiger partial charge in [0.25, 0.3) is 0 Å². The van der Waals surface area contributed by atoms with Gasteiger partial charge in [0.05, 0.1) is 0 Å². The van der Waals surface area contributed by atoms with Crippen molar-refractivity contribution >= 4 is 6.08 Å². The molecule has 2 N–H and O–H groups in total. The Morgan fingerprint density at radius 3 is 2.88 bits per heavy atom. The monoisotopic (exact) mass is 226 g/mol. The molecular formula is C15H18N2. The molecular weight excluding hydrogens is 208 g/mol. The van der Waals surface area contributed by atoms with Crippen molar-refractivity contribution in [1.82, 2.24) is 4.98 Å². The molecule has 0 spiro atoms. The summed E-state index contributed by atoms with van der Waals surface area (Å²) in [6.07, 6.45) is 13.7. The lowest BCUT2D eigenvalue weighted by molar-refractivity contribution is 0.977. The van der Waals surface area contributed by atoms with Crippen molar-refractivity contribution in [2.24, 2.45) is 5.73 Å². The molecule has 1 aromatic rings. The van der Waals surface area contributed by atoms with Crippen molar-refractivity contribution < 1.29 is 0 Å². The molecule has 0 fully saturated rings. The standard InChI is InChI=1S/C15H18N2/c1-12(16)9-14-7-8-15(17-11-14)10-13-5-3-2-4-6-13/h3,5-9,11H,2,4,10,16H2,1H3/b12-9+. The highest BCUT2D eigenvalue weighted by Crippen LogP contribution is 2.14. The highest BCUT2D eigenvalue weighted by atomic mass is 14.7. The molecule has 17 heavy (non-hydrogen) atoms.